The molecule has 0 aliphatic carbocycles. The van der Waals surface area contributed by atoms with Crippen molar-refractivity contribution in [2.45, 2.75) is 56.3 Å². The average Bonchev–Trinajstić information content (AvgIpc) is 3.48. The minimum Gasteiger partial charge on any atom is -0.508 e. The summed E-state index contributed by atoms with van der Waals surface area (Å²) >= 11 is 5.72. The standard InChI is InChI=1S/C32H37N5O4S/c33-25(18-23-13-15-24(38)16-14-23)32(42)37-17-7-12-28(37)31(41)36-27(20-22-10-5-2-6-11-22)30(40)35-26(29(34)39)19-21-8-3-1-4-9-21/h1-6,8-11,13-16,25-28,38H,7,12,17-20,33H2,(H2,34,39)(H,35,40)(H,36,41)/t25-,26-,27-,28-/m0/s1. The van der Waals surface area contributed by atoms with Gasteiger partial charge in [-0.25, -0.2) is 0 Å². The number of primary amides is 1. The molecule has 0 saturated carbocycles. The van der Waals surface area contributed by atoms with Gasteiger partial charge in [-0.2, -0.15) is 0 Å². The Bertz CT molecular complexity index is 1370. The summed E-state index contributed by atoms with van der Waals surface area (Å²) in [4.78, 5) is 41.8. The molecule has 0 spiro atoms. The highest BCUT2D eigenvalue weighted by atomic mass is 32.1. The second-order valence-electron chi connectivity index (χ2n) is 10.6. The Morgan fingerprint density at radius 3 is 1.95 bits per heavy atom. The molecule has 1 aliphatic rings. The van der Waals surface area contributed by atoms with Crippen LogP contribution in [0.25, 0.3) is 0 Å². The lowest BCUT2D eigenvalue weighted by Crippen LogP contribution is -2.57. The van der Waals surface area contributed by atoms with Gasteiger partial charge in [-0.3, -0.25) is 14.4 Å². The second-order valence-corrected chi connectivity index (χ2v) is 11.0. The summed E-state index contributed by atoms with van der Waals surface area (Å²) in [5.41, 5.74) is 14.7. The van der Waals surface area contributed by atoms with Crippen LogP contribution in [0.5, 0.6) is 5.75 Å². The van der Waals surface area contributed by atoms with E-state index >= 15 is 0 Å². The highest BCUT2D eigenvalue weighted by molar-refractivity contribution is 7.80. The van der Waals surface area contributed by atoms with Gasteiger partial charge in [-0.05, 0) is 48.1 Å². The maximum Gasteiger partial charge on any atom is 0.243 e. The predicted molar refractivity (Wildman–Crippen MR) is 165 cm³/mol. The summed E-state index contributed by atoms with van der Waals surface area (Å²) in [7, 11) is 0. The second kappa shape index (κ2) is 14.6. The van der Waals surface area contributed by atoms with E-state index in [9.17, 15) is 19.5 Å². The fourth-order valence-electron chi connectivity index (χ4n) is 5.16. The lowest BCUT2D eigenvalue weighted by atomic mass is 10.0. The number of carbonyl (C=O) groups excluding carboxylic acids is 3. The molecule has 7 N–H and O–H groups in total. The Morgan fingerprint density at radius 2 is 1.38 bits per heavy atom. The molecule has 42 heavy (non-hydrogen) atoms. The van der Waals surface area contributed by atoms with E-state index in [0.717, 1.165) is 23.1 Å². The van der Waals surface area contributed by atoms with Gasteiger partial charge in [0.25, 0.3) is 0 Å². The zero-order chi connectivity index (χ0) is 30.1. The maximum absolute atomic E-state index is 13.6. The summed E-state index contributed by atoms with van der Waals surface area (Å²) in [5, 5.41) is 15.2. The van der Waals surface area contributed by atoms with Gasteiger partial charge >= 0.3 is 0 Å². The number of benzene rings is 3. The van der Waals surface area contributed by atoms with Crippen molar-refractivity contribution >= 4 is 34.9 Å². The molecule has 1 aliphatic heterocycles. The number of nitrogens with zero attached hydrogens (tertiary/aromatic N) is 1. The summed E-state index contributed by atoms with van der Waals surface area (Å²) in [6.07, 6.45) is 2.24. The van der Waals surface area contributed by atoms with Crippen LogP contribution in [-0.2, 0) is 33.6 Å². The van der Waals surface area contributed by atoms with Crippen molar-refractivity contribution in [3.05, 3.63) is 102 Å². The highest BCUT2D eigenvalue weighted by Gasteiger charge is 2.36. The van der Waals surface area contributed by atoms with Gasteiger partial charge in [0, 0.05) is 19.4 Å². The Balaban J connectivity index is 1.46. The Hall–Kier alpha value is -4.28. The highest BCUT2D eigenvalue weighted by Crippen LogP contribution is 2.21. The largest absolute Gasteiger partial charge is 0.508 e. The topological polar surface area (TPSA) is 151 Å². The number of aromatic hydroxyl groups is 1. The molecular weight excluding hydrogens is 550 g/mol. The predicted octanol–water partition coefficient (Wildman–Crippen LogP) is 1.99. The first-order valence-electron chi connectivity index (χ1n) is 14.0. The number of likely N-dealkylation sites (tertiary alicyclic amines) is 1. The quantitative estimate of drug-likeness (QED) is 0.203. The van der Waals surface area contributed by atoms with E-state index in [1.54, 1.807) is 24.3 Å². The van der Waals surface area contributed by atoms with E-state index in [4.69, 9.17) is 23.7 Å². The van der Waals surface area contributed by atoms with Crippen molar-refractivity contribution in [2.24, 2.45) is 11.5 Å². The maximum atomic E-state index is 13.6. The number of nitrogens with two attached hydrogens (primary N) is 2. The average molecular weight is 588 g/mol. The monoisotopic (exact) mass is 587 g/mol. The van der Waals surface area contributed by atoms with E-state index in [0.29, 0.717) is 24.4 Å². The first-order chi connectivity index (χ1) is 20.2. The van der Waals surface area contributed by atoms with Crippen LogP contribution in [0.1, 0.15) is 29.5 Å². The van der Waals surface area contributed by atoms with Crippen molar-refractivity contribution in [1.82, 2.24) is 15.5 Å². The molecule has 3 amide bonds. The molecule has 0 unspecified atom stereocenters. The van der Waals surface area contributed by atoms with Crippen LogP contribution >= 0.6 is 12.2 Å². The van der Waals surface area contributed by atoms with E-state index in [1.165, 1.54) is 0 Å². The number of rotatable bonds is 12. The first kappa shape index (κ1) is 30.7. The third kappa shape index (κ3) is 8.37. The van der Waals surface area contributed by atoms with Crippen molar-refractivity contribution in [3.8, 4) is 5.75 Å². The smallest absolute Gasteiger partial charge is 0.243 e. The van der Waals surface area contributed by atoms with Crippen molar-refractivity contribution in [1.29, 1.82) is 0 Å². The number of hydrogen-bond donors (Lipinski definition) is 5. The zero-order valence-corrected chi connectivity index (χ0v) is 24.1. The normalized spacial score (nSPS) is 16.7. The van der Waals surface area contributed by atoms with Crippen LogP contribution in [0, 0.1) is 0 Å². The number of amides is 3. The Morgan fingerprint density at radius 1 is 0.833 bits per heavy atom. The third-order valence-electron chi connectivity index (χ3n) is 7.41. The van der Waals surface area contributed by atoms with Crippen LogP contribution < -0.4 is 22.1 Å². The summed E-state index contributed by atoms with van der Waals surface area (Å²) in [5.74, 6) is -1.32. The molecule has 0 bridgehead atoms. The number of nitrogens with one attached hydrogen (secondary N) is 2. The van der Waals surface area contributed by atoms with Crippen molar-refractivity contribution < 1.29 is 19.5 Å². The van der Waals surface area contributed by atoms with Gasteiger partial charge < -0.3 is 32.1 Å². The van der Waals surface area contributed by atoms with Gasteiger partial charge in [-0.1, -0.05) is 85.0 Å². The van der Waals surface area contributed by atoms with E-state index < -0.39 is 36.0 Å². The number of thiocarbonyl (C=S) groups is 1. The molecule has 0 radical (unpaired) electrons. The fraction of sp³-hybridized carbons (Fsp3) is 0.312. The number of carbonyl (C=O) groups is 3. The van der Waals surface area contributed by atoms with Gasteiger partial charge in [0.15, 0.2) is 0 Å². The number of hydrogen-bond acceptors (Lipinski definition) is 6. The fourth-order valence-corrected chi connectivity index (χ4v) is 5.46. The molecule has 0 aromatic heterocycles. The van der Waals surface area contributed by atoms with Crippen LogP contribution in [0.2, 0.25) is 0 Å². The van der Waals surface area contributed by atoms with E-state index in [2.05, 4.69) is 10.6 Å². The molecule has 1 saturated heterocycles. The molecule has 3 aromatic rings. The third-order valence-corrected chi connectivity index (χ3v) is 7.94. The minimum atomic E-state index is -0.945. The minimum absolute atomic E-state index is 0.169. The Kier molecular flexibility index (Phi) is 10.6. The summed E-state index contributed by atoms with van der Waals surface area (Å²) in [6.45, 7) is 0.580. The van der Waals surface area contributed by atoms with Crippen molar-refractivity contribution in [2.75, 3.05) is 6.54 Å². The Labute approximate surface area is 251 Å². The van der Waals surface area contributed by atoms with E-state index in [-0.39, 0.29) is 24.5 Å². The number of phenolic OH excluding ortho intramolecular Hbond substituents is 1. The molecule has 4 atom stereocenters. The SMILES string of the molecule is NC(=O)[C@H](Cc1ccccc1)NC(=O)[C@H](Cc1ccccc1)NC(=O)[C@@H]1CCCN1C(=S)[C@@H](N)Cc1ccc(O)cc1. The van der Waals surface area contributed by atoms with Crippen molar-refractivity contribution in [3.63, 3.8) is 0 Å². The first-order valence-corrected chi connectivity index (χ1v) is 14.4. The van der Waals surface area contributed by atoms with Crippen LogP contribution in [0.3, 0.4) is 0 Å². The molecule has 1 heterocycles. The van der Waals surface area contributed by atoms with Gasteiger partial charge in [0.1, 0.15) is 23.9 Å². The molecule has 9 nitrogen and oxygen atoms in total. The molecular formula is C32H37N5O4S. The van der Waals surface area contributed by atoms with Gasteiger partial charge in [0.05, 0.1) is 11.0 Å². The molecule has 3 aromatic carbocycles. The molecule has 220 valence electrons. The summed E-state index contributed by atoms with van der Waals surface area (Å²) in [6, 6.07) is 22.4. The lowest BCUT2D eigenvalue weighted by molar-refractivity contribution is -0.132. The molecule has 4 rings (SSSR count). The van der Waals surface area contributed by atoms with Gasteiger partial charge in [0.2, 0.25) is 17.7 Å². The molecule has 1 fully saturated rings. The van der Waals surface area contributed by atoms with Gasteiger partial charge in [-0.15, -0.1) is 0 Å². The molecule has 10 heteroatoms. The van der Waals surface area contributed by atoms with Crippen LogP contribution in [0.15, 0.2) is 84.9 Å². The van der Waals surface area contributed by atoms with E-state index in [1.807, 2.05) is 65.6 Å². The van der Waals surface area contributed by atoms with Crippen LogP contribution in [0.4, 0.5) is 0 Å². The van der Waals surface area contributed by atoms with Crippen LogP contribution in [-0.4, -0.2) is 63.4 Å². The zero-order valence-electron chi connectivity index (χ0n) is 23.3. The number of phenols is 1. The lowest BCUT2D eigenvalue weighted by Gasteiger charge is -2.31. The summed E-state index contributed by atoms with van der Waals surface area (Å²) < 4.78 is 0.